The van der Waals surface area contributed by atoms with Crippen molar-refractivity contribution in [3.63, 3.8) is 0 Å². The lowest BCUT2D eigenvalue weighted by molar-refractivity contribution is 0.232. The average molecular weight is 393 g/mol. The van der Waals surface area contributed by atoms with E-state index in [1.165, 1.54) is 37.1 Å². The summed E-state index contributed by atoms with van der Waals surface area (Å²) in [7, 11) is 1.53. The Bertz CT molecular complexity index is 843. The first kappa shape index (κ1) is 19.9. The molecular weight excluding hydrogens is 364 g/mol. The molecule has 1 aromatic heterocycles. The van der Waals surface area contributed by atoms with E-state index in [0.29, 0.717) is 24.9 Å². The number of ether oxygens (including phenoxy) is 1. The summed E-state index contributed by atoms with van der Waals surface area (Å²) in [4.78, 5) is 2.45. The molecular formula is C20H28N2O4S. The van der Waals surface area contributed by atoms with Crippen LogP contribution in [0.15, 0.2) is 46.1 Å². The molecule has 27 heavy (non-hydrogen) atoms. The highest BCUT2D eigenvalue weighted by atomic mass is 32.2. The quantitative estimate of drug-likeness (QED) is 0.689. The molecule has 0 radical (unpaired) electrons. The predicted molar refractivity (Wildman–Crippen MR) is 105 cm³/mol. The van der Waals surface area contributed by atoms with Gasteiger partial charge in [0.05, 0.1) is 19.6 Å². The summed E-state index contributed by atoms with van der Waals surface area (Å²) in [5.74, 6) is 0.346. The van der Waals surface area contributed by atoms with Crippen LogP contribution in [0.1, 0.15) is 25.7 Å². The number of sulfonamides is 1. The highest BCUT2D eigenvalue weighted by molar-refractivity contribution is 7.89. The van der Waals surface area contributed by atoms with Crippen LogP contribution < -0.4 is 4.74 Å². The number of nitrogens with zero attached hydrogens (tertiary/aromatic N) is 2. The average Bonchev–Trinajstić information content (AvgIpc) is 3.39. The van der Waals surface area contributed by atoms with Crippen LogP contribution in [-0.4, -0.2) is 58.0 Å². The Hall–Kier alpha value is -1.83. The van der Waals surface area contributed by atoms with Gasteiger partial charge in [-0.3, -0.25) is 0 Å². The Morgan fingerprint density at radius 1 is 1.11 bits per heavy atom. The van der Waals surface area contributed by atoms with Crippen LogP contribution in [0.3, 0.4) is 0 Å². The van der Waals surface area contributed by atoms with Crippen molar-refractivity contribution in [1.29, 1.82) is 0 Å². The molecule has 3 rings (SSSR count). The van der Waals surface area contributed by atoms with Crippen LogP contribution in [0, 0.1) is 0 Å². The molecule has 1 aliphatic rings. The molecule has 0 saturated heterocycles. The van der Waals surface area contributed by atoms with E-state index in [2.05, 4.69) is 11.9 Å². The van der Waals surface area contributed by atoms with Crippen LogP contribution in [-0.2, 0) is 10.0 Å². The van der Waals surface area contributed by atoms with Crippen molar-refractivity contribution in [2.24, 2.45) is 0 Å². The van der Waals surface area contributed by atoms with Crippen LogP contribution >= 0.6 is 0 Å². The maximum absolute atomic E-state index is 13.2. The zero-order chi connectivity index (χ0) is 19.4. The number of hydrogen-bond acceptors (Lipinski definition) is 5. The van der Waals surface area contributed by atoms with Crippen LogP contribution in [0.25, 0.3) is 11.1 Å². The lowest BCUT2D eigenvalue weighted by Crippen LogP contribution is -2.38. The topological polar surface area (TPSA) is 63.0 Å². The van der Waals surface area contributed by atoms with Gasteiger partial charge >= 0.3 is 0 Å². The molecule has 0 bridgehead atoms. The minimum Gasteiger partial charge on any atom is -0.495 e. The van der Waals surface area contributed by atoms with E-state index < -0.39 is 10.0 Å². The Balaban J connectivity index is 1.79. The van der Waals surface area contributed by atoms with Gasteiger partial charge in [-0.1, -0.05) is 18.9 Å². The monoisotopic (exact) mass is 392 g/mol. The summed E-state index contributed by atoms with van der Waals surface area (Å²) in [5.41, 5.74) is 1.61. The summed E-state index contributed by atoms with van der Waals surface area (Å²) < 4.78 is 38.2. The molecule has 2 aromatic rings. The fourth-order valence-corrected chi connectivity index (χ4v) is 4.94. The summed E-state index contributed by atoms with van der Waals surface area (Å²) >= 11 is 0. The second-order valence-corrected chi connectivity index (χ2v) is 9.14. The Morgan fingerprint density at radius 3 is 2.48 bits per heavy atom. The molecule has 1 saturated carbocycles. The third-order valence-electron chi connectivity index (χ3n) is 5.42. The molecule has 0 N–H and O–H groups in total. The first-order valence-corrected chi connectivity index (χ1v) is 10.7. The normalized spacial score (nSPS) is 15.7. The zero-order valence-corrected chi connectivity index (χ0v) is 17.0. The smallest absolute Gasteiger partial charge is 0.246 e. The van der Waals surface area contributed by atoms with Gasteiger partial charge in [-0.2, -0.15) is 4.31 Å². The number of methoxy groups -OCH3 is 1. The Kier molecular flexibility index (Phi) is 6.24. The highest BCUT2D eigenvalue weighted by Crippen LogP contribution is 2.32. The van der Waals surface area contributed by atoms with Crippen molar-refractivity contribution >= 4 is 10.0 Å². The Labute approximate surface area is 161 Å². The van der Waals surface area contributed by atoms with Crippen molar-refractivity contribution in [2.75, 3.05) is 34.3 Å². The van der Waals surface area contributed by atoms with Crippen LogP contribution in [0.4, 0.5) is 0 Å². The van der Waals surface area contributed by atoms with Crippen LogP contribution in [0.2, 0.25) is 0 Å². The SMILES string of the molecule is COc1ccc(-c2ccoc2)cc1S(=O)(=O)N(C)CCN(C)C1CCCC1. The second-order valence-electron chi connectivity index (χ2n) is 7.12. The molecule has 0 spiro atoms. The van der Waals surface area contributed by atoms with Gasteiger partial charge in [0, 0.05) is 31.7 Å². The fraction of sp³-hybridized carbons (Fsp3) is 0.500. The summed E-state index contributed by atoms with van der Waals surface area (Å²) in [6, 6.07) is 7.54. The number of furan rings is 1. The van der Waals surface area contributed by atoms with Crippen LogP contribution in [0.5, 0.6) is 5.75 Å². The maximum Gasteiger partial charge on any atom is 0.246 e. The van der Waals surface area contributed by atoms with Crippen molar-refractivity contribution < 1.29 is 17.6 Å². The van der Waals surface area contributed by atoms with Gasteiger partial charge in [0.2, 0.25) is 10.0 Å². The largest absolute Gasteiger partial charge is 0.495 e. The van der Waals surface area contributed by atoms with Gasteiger partial charge in [0.15, 0.2) is 0 Å². The first-order chi connectivity index (χ1) is 12.9. The van der Waals surface area contributed by atoms with Gasteiger partial charge in [-0.15, -0.1) is 0 Å². The van der Waals surface area contributed by atoms with Gasteiger partial charge < -0.3 is 14.1 Å². The van der Waals surface area contributed by atoms with E-state index in [9.17, 15) is 8.42 Å². The molecule has 148 valence electrons. The number of rotatable bonds is 8. The molecule has 0 unspecified atom stereocenters. The molecule has 6 nitrogen and oxygen atoms in total. The van der Waals surface area contributed by atoms with E-state index in [4.69, 9.17) is 9.15 Å². The van der Waals surface area contributed by atoms with E-state index in [-0.39, 0.29) is 4.90 Å². The van der Waals surface area contributed by atoms with E-state index >= 15 is 0 Å². The molecule has 0 aliphatic heterocycles. The van der Waals surface area contributed by atoms with Crippen molar-refractivity contribution in [2.45, 2.75) is 36.6 Å². The third-order valence-corrected chi connectivity index (χ3v) is 7.30. The third kappa shape index (κ3) is 4.36. The minimum absolute atomic E-state index is 0.176. The number of benzene rings is 1. The molecule has 0 atom stereocenters. The highest BCUT2D eigenvalue weighted by Gasteiger charge is 2.27. The van der Waals surface area contributed by atoms with Gasteiger partial charge in [-0.25, -0.2) is 8.42 Å². The lowest BCUT2D eigenvalue weighted by Gasteiger charge is -2.27. The Morgan fingerprint density at radius 2 is 1.85 bits per heavy atom. The van der Waals surface area contributed by atoms with E-state index in [1.807, 2.05) is 6.07 Å². The maximum atomic E-state index is 13.2. The second kappa shape index (κ2) is 8.46. The standard InChI is InChI=1S/C20H28N2O4S/c1-21(18-6-4-5-7-18)11-12-22(2)27(23,24)20-14-16(8-9-19(20)25-3)17-10-13-26-15-17/h8-10,13-15,18H,4-7,11-12H2,1-3H3. The minimum atomic E-state index is -3.66. The van der Waals surface area contributed by atoms with Crippen molar-refractivity contribution in [3.8, 4) is 16.9 Å². The van der Waals surface area contributed by atoms with E-state index in [1.54, 1.807) is 37.8 Å². The number of hydrogen-bond donors (Lipinski definition) is 0. The zero-order valence-electron chi connectivity index (χ0n) is 16.2. The first-order valence-electron chi connectivity index (χ1n) is 9.30. The fourth-order valence-electron chi connectivity index (χ4n) is 3.60. The summed E-state index contributed by atoms with van der Waals surface area (Å²) in [6.07, 6.45) is 8.10. The van der Waals surface area contributed by atoms with Gasteiger partial charge in [-0.05, 0) is 43.7 Å². The molecule has 1 heterocycles. The van der Waals surface area contributed by atoms with Gasteiger partial charge in [0.1, 0.15) is 10.6 Å². The molecule has 1 aliphatic carbocycles. The molecule has 7 heteroatoms. The van der Waals surface area contributed by atoms with Crippen molar-refractivity contribution in [3.05, 3.63) is 36.8 Å². The lowest BCUT2D eigenvalue weighted by atomic mass is 10.1. The number of likely N-dealkylation sites (N-methyl/N-ethyl adjacent to an activating group) is 2. The molecule has 1 aromatic carbocycles. The van der Waals surface area contributed by atoms with Gasteiger partial charge in [0.25, 0.3) is 0 Å². The van der Waals surface area contributed by atoms with Crippen molar-refractivity contribution in [1.82, 2.24) is 9.21 Å². The summed E-state index contributed by atoms with van der Waals surface area (Å²) in [5, 5.41) is 0. The predicted octanol–water partition coefficient (Wildman–Crippen LogP) is 3.45. The van der Waals surface area contributed by atoms with E-state index in [0.717, 1.165) is 11.1 Å². The molecule has 1 fully saturated rings. The summed E-state index contributed by atoms with van der Waals surface area (Å²) in [6.45, 7) is 1.15. The molecule has 0 amide bonds.